The number of carbonyl (C=O) groups is 1. The maximum Gasteiger partial charge on any atom is 0.272 e. The molecule has 2 aromatic rings. The molecule has 6 heteroatoms. The molecule has 1 fully saturated rings. The predicted octanol–water partition coefficient (Wildman–Crippen LogP) is 1.94. The average Bonchev–Trinajstić information content (AvgIpc) is 3.25. The topological polar surface area (TPSA) is 69.8 Å². The number of nitrogens with zero attached hydrogens (tertiary/aromatic N) is 1. The van der Waals surface area contributed by atoms with E-state index in [0.29, 0.717) is 12.2 Å². The molecule has 4 rings (SSSR count). The van der Waals surface area contributed by atoms with E-state index in [2.05, 4.69) is 45.1 Å². The van der Waals surface area contributed by atoms with Crippen molar-refractivity contribution in [2.75, 3.05) is 13.1 Å². The van der Waals surface area contributed by atoms with Crippen molar-refractivity contribution in [1.82, 2.24) is 20.8 Å². The van der Waals surface area contributed by atoms with Gasteiger partial charge in [0.05, 0.1) is 0 Å². The van der Waals surface area contributed by atoms with E-state index in [1.165, 1.54) is 5.56 Å². The molecule has 3 N–H and O–H groups in total. The van der Waals surface area contributed by atoms with Gasteiger partial charge in [-0.1, -0.05) is 30.3 Å². The molecule has 122 valence electrons. The van der Waals surface area contributed by atoms with Gasteiger partial charge < -0.3 is 10.6 Å². The van der Waals surface area contributed by atoms with E-state index < -0.39 is 0 Å². The van der Waals surface area contributed by atoms with Crippen LogP contribution >= 0.6 is 12.4 Å². The summed E-state index contributed by atoms with van der Waals surface area (Å²) < 4.78 is 0. The van der Waals surface area contributed by atoms with Crippen molar-refractivity contribution in [3.63, 3.8) is 0 Å². The number of H-pyrrole nitrogens is 1. The SMILES string of the molecule is Cl.O=C(NCC1(c2ccccc2)CC1)c1n[nH]c2c1CNCC2. The molecule has 2 aliphatic rings. The fraction of sp³-hybridized carbons (Fsp3) is 0.412. The van der Waals surface area contributed by atoms with E-state index in [1.54, 1.807) is 0 Å². The minimum atomic E-state index is -0.0663. The molecule has 1 aromatic carbocycles. The molecular formula is C17H21ClN4O. The number of amides is 1. The zero-order chi connectivity index (χ0) is 15.0. The van der Waals surface area contributed by atoms with Gasteiger partial charge >= 0.3 is 0 Å². The van der Waals surface area contributed by atoms with Gasteiger partial charge in [-0.05, 0) is 18.4 Å². The van der Waals surface area contributed by atoms with E-state index in [9.17, 15) is 4.79 Å². The fourth-order valence-electron chi connectivity index (χ4n) is 3.26. The third-order valence-corrected chi connectivity index (χ3v) is 4.85. The molecule has 0 spiro atoms. The van der Waals surface area contributed by atoms with Crippen LogP contribution in [0.2, 0.25) is 0 Å². The average molecular weight is 333 g/mol. The van der Waals surface area contributed by atoms with Crippen LogP contribution in [0.3, 0.4) is 0 Å². The molecule has 0 bridgehead atoms. The lowest BCUT2D eigenvalue weighted by atomic mass is 9.96. The van der Waals surface area contributed by atoms with Crippen LogP contribution in [-0.2, 0) is 18.4 Å². The van der Waals surface area contributed by atoms with Gasteiger partial charge in [0.1, 0.15) is 0 Å². The highest BCUT2D eigenvalue weighted by molar-refractivity contribution is 5.94. The van der Waals surface area contributed by atoms with Gasteiger partial charge in [0.25, 0.3) is 5.91 Å². The van der Waals surface area contributed by atoms with Gasteiger partial charge in [0.2, 0.25) is 0 Å². The van der Waals surface area contributed by atoms with Crippen LogP contribution in [0.25, 0.3) is 0 Å². The van der Waals surface area contributed by atoms with E-state index in [4.69, 9.17) is 0 Å². The van der Waals surface area contributed by atoms with E-state index in [0.717, 1.165) is 43.6 Å². The summed E-state index contributed by atoms with van der Waals surface area (Å²) in [6.45, 7) is 2.34. The first-order valence-corrected chi connectivity index (χ1v) is 7.89. The van der Waals surface area contributed by atoms with Crippen LogP contribution in [0, 0.1) is 0 Å². The maximum absolute atomic E-state index is 12.5. The Labute approximate surface area is 141 Å². The second-order valence-electron chi connectivity index (χ2n) is 6.29. The smallest absolute Gasteiger partial charge is 0.272 e. The normalized spacial score (nSPS) is 17.7. The number of halogens is 1. The molecule has 1 saturated carbocycles. The van der Waals surface area contributed by atoms with Crippen molar-refractivity contribution in [1.29, 1.82) is 0 Å². The monoisotopic (exact) mass is 332 g/mol. The number of rotatable bonds is 4. The first-order valence-electron chi connectivity index (χ1n) is 7.89. The summed E-state index contributed by atoms with van der Waals surface area (Å²) in [4.78, 5) is 12.5. The number of nitrogens with one attached hydrogen (secondary N) is 3. The third-order valence-electron chi connectivity index (χ3n) is 4.85. The number of benzene rings is 1. The number of fused-ring (bicyclic) bond motifs is 1. The molecule has 0 radical (unpaired) electrons. The number of carbonyl (C=O) groups excluding carboxylic acids is 1. The molecule has 2 heterocycles. The van der Waals surface area contributed by atoms with Crippen molar-refractivity contribution in [2.24, 2.45) is 0 Å². The molecule has 5 nitrogen and oxygen atoms in total. The number of aromatic amines is 1. The highest BCUT2D eigenvalue weighted by Crippen LogP contribution is 2.47. The Morgan fingerprint density at radius 3 is 2.78 bits per heavy atom. The number of aromatic nitrogens is 2. The summed E-state index contributed by atoms with van der Waals surface area (Å²) in [6, 6.07) is 10.5. The van der Waals surface area contributed by atoms with Crippen LogP contribution < -0.4 is 10.6 Å². The first kappa shape index (κ1) is 16.0. The third kappa shape index (κ3) is 2.99. The highest BCUT2D eigenvalue weighted by Gasteiger charge is 2.44. The van der Waals surface area contributed by atoms with E-state index in [1.807, 2.05) is 6.07 Å². The Bertz CT molecular complexity index is 694. The summed E-state index contributed by atoms with van der Waals surface area (Å²) in [5, 5.41) is 13.6. The highest BCUT2D eigenvalue weighted by atomic mass is 35.5. The fourth-order valence-corrected chi connectivity index (χ4v) is 3.26. The van der Waals surface area contributed by atoms with Gasteiger partial charge in [-0.25, -0.2) is 0 Å². The van der Waals surface area contributed by atoms with Gasteiger partial charge in [-0.2, -0.15) is 5.10 Å². The van der Waals surface area contributed by atoms with Crippen molar-refractivity contribution in [2.45, 2.75) is 31.2 Å². The quantitative estimate of drug-likeness (QED) is 0.801. The zero-order valence-corrected chi connectivity index (χ0v) is 13.7. The number of hydrogen-bond donors (Lipinski definition) is 3. The zero-order valence-electron chi connectivity index (χ0n) is 12.9. The van der Waals surface area contributed by atoms with Crippen LogP contribution in [0.1, 0.15) is 40.2 Å². The second-order valence-corrected chi connectivity index (χ2v) is 6.29. The summed E-state index contributed by atoms with van der Waals surface area (Å²) in [7, 11) is 0. The summed E-state index contributed by atoms with van der Waals surface area (Å²) in [6.07, 6.45) is 3.18. The number of hydrogen-bond acceptors (Lipinski definition) is 3. The van der Waals surface area contributed by atoms with Crippen molar-refractivity contribution < 1.29 is 4.79 Å². The van der Waals surface area contributed by atoms with Crippen LogP contribution in [0.4, 0.5) is 0 Å². The molecule has 1 aliphatic carbocycles. The lowest BCUT2D eigenvalue weighted by Crippen LogP contribution is -2.34. The first-order chi connectivity index (χ1) is 10.8. The van der Waals surface area contributed by atoms with Gasteiger partial charge in [0.15, 0.2) is 5.69 Å². The molecule has 0 atom stereocenters. The Morgan fingerprint density at radius 2 is 2.04 bits per heavy atom. The summed E-state index contributed by atoms with van der Waals surface area (Å²) in [5.74, 6) is -0.0663. The van der Waals surface area contributed by atoms with Crippen molar-refractivity contribution in [3.05, 3.63) is 52.8 Å². The van der Waals surface area contributed by atoms with Crippen LogP contribution in [-0.4, -0.2) is 29.2 Å². The van der Waals surface area contributed by atoms with Gasteiger partial charge in [-0.15, -0.1) is 12.4 Å². The minimum Gasteiger partial charge on any atom is -0.350 e. The van der Waals surface area contributed by atoms with E-state index >= 15 is 0 Å². The molecule has 23 heavy (non-hydrogen) atoms. The molecule has 1 aliphatic heterocycles. The van der Waals surface area contributed by atoms with Gasteiger partial charge in [0, 0.05) is 42.7 Å². The Balaban J connectivity index is 0.00000156. The molecule has 0 saturated heterocycles. The summed E-state index contributed by atoms with van der Waals surface area (Å²) in [5.41, 5.74) is 4.11. The van der Waals surface area contributed by atoms with Crippen molar-refractivity contribution >= 4 is 18.3 Å². The lowest BCUT2D eigenvalue weighted by molar-refractivity contribution is 0.0943. The van der Waals surface area contributed by atoms with E-state index in [-0.39, 0.29) is 23.7 Å². The molecule has 0 unspecified atom stereocenters. The van der Waals surface area contributed by atoms with Crippen molar-refractivity contribution in [3.8, 4) is 0 Å². The second kappa shape index (κ2) is 6.34. The Kier molecular flexibility index (Phi) is 4.41. The van der Waals surface area contributed by atoms with Gasteiger partial charge in [-0.3, -0.25) is 9.89 Å². The standard InChI is InChI=1S/C17H20N4O.ClH/c22-16(15-13-10-18-9-6-14(13)20-21-15)19-11-17(7-8-17)12-4-2-1-3-5-12;/h1-5,18H,6-11H2,(H,19,22)(H,20,21);1H. The molecular weight excluding hydrogens is 312 g/mol. The van der Waals surface area contributed by atoms with Crippen LogP contribution in [0.5, 0.6) is 0 Å². The largest absolute Gasteiger partial charge is 0.350 e. The predicted molar refractivity (Wildman–Crippen MR) is 90.9 cm³/mol. The Hall–Kier alpha value is -1.85. The lowest BCUT2D eigenvalue weighted by Gasteiger charge is -2.17. The minimum absolute atomic E-state index is 0. The Morgan fingerprint density at radius 1 is 1.26 bits per heavy atom. The maximum atomic E-state index is 12.5. The molecule has 1 aromatic heterocycles. The molecule has 1 amide bonds. The van der Waals surface area contributed by atoms with Crippen LogP contribution in [0.15, 0.2) is 30.3 Å². The summed E-state index contributed by atoms with van der Waals surface area (Å²) >= 11 is 0.